The van der Waals surface area contributed by atoms with Crippen LogP contribution in [-0.4, -0.2) is 24.5 Å². The van der Waals surface area contributed by atoms with Crippen LogP contribution in [0.2, 0.25) is 0 Å². The van der Waals surface area contributed by atoms with Crippen LogP contribution in [0.25, 0.3) is 0 Å². The highest BCUT2D eigenvalue weighted by atomic mass is 16.5. The lowest BCUT2D eigenvalue weighted by Gasteiger charge is -2.05. The summed E-state index contributed by atoms with van der Waals surface area (Å²) in [6.07, 6.45) is 0.271. The van der Waals surface area contributed by atoms with Gasteiger partial charge in [-0.05, 0) is 17.7 Å². The van der Waals surface area contributed by atoms with Crippen molar-refractivity contribution in [1.82, 2.24) is 0 Å². The number of phenols is 1. The van der Waals surface area contributed by atoms with Crippen molar-refractivity contribution in [1.29, 1.82) is 0 Å². The average molecular weight is 195 g/mol. The maximum Gasteiger partial charge on any atom is 0.160 e. The molecule has 0 unspecified atom stereocenters. The van der Waals surface area contributed by atoms with Crippen molar-refractivity contribution < 1.29 is 14.6 Å². The fourth-order valence-electron chi connectivity index (χ4n) is 1.13. The standard InChI is InChI=1S/C10H13NO3/c1-14-10-5-7(2-3-9(10)13)4-8(12)6-11/h2-3,5,13H,4,6,11H2,1H3. The summed E-state index contributed by atoms with van der Waals surface area (Å²) in [5, 5.41) is 9.29. The van der Waals surface area contributed by atoms with Crippen molar-refractivity contribution in [2.75, 3.05) is 13.7 Å². The molecule has 1 rings (SSSR count). The highest BCUT2D eigenvalue weighted by Crippen LogP contribution is 2.26. The van der Waals surface area contributed by atoms with Crippen LogP contribution in [0.15, 0.2) is 18.2 Å². The van der Waals surface area contributed by atoms with Gasteiger partial charge >= 0.3 is 0 Å². The first-order valence-corrected chi connectivity index (χ1v) is 4.25. The summed E-state index contributed by atoms with van der Waals surface area (Å²) in [6.45, 7) is 0.0309. The van der Waals surface area contributed by atoms with Gasteiger partial charge in [-0.1, -0.05) is 6.07 Å². The molecule has 1 aromatic carbocycles. The number of hydrogen-bond acceptors (Lipinski definition) is 4. The Labute approximate surface area is 82.3 Å². The molecule has 4 heteroatoms. The van der Waals surface area contributed by atoms with Gasteiger partial charge in [0.05, 0.1) is 13.7 Å². The minimum Gasteiger partial charge on any atom is -0.504 e. The van der Waals surface area contributed by atoms with Crippen molar-refractivity contribution >= 4 is 5.78 Å². The lowest BCUT2D eigenvalue weighted by molar-refractivity contribution is -0.117. The summed E-state index contributed by atoms with van der Waals surface area (Å²) in [6, 6.07) is 4.80. The third-order valence-corrected chi connectivity index (χ3v) is 1.87. The van der Waals surface area contributed by atoms with Gasteiger partial charge in [-0.15, -0.1) is 0 Å². The predicted molar refractivity (Wildman–Crippen MR) is 52.4 cm³/mol. The second-order valence-electron chi connectivity index (χ2n) is 2.93. The zero-order valence-electron chi connectivity index (χ0n) is 7.99. The molecule has 0 spiro atoms. The number of phenolic OH excluding ortho intramolecular Hbond substituents is 1. The third kappa shape index (κ3) is 2.47. The lowest BCUT2D eigenvalue weighted by atomic mass is 10.1. The van der Waals surface area contributed by atoms with E-state index >= 15 is 0 Å². The summed E-state index contributed by atoms with van der Waals surface area (Å²) in [7, 11) is 1.46. The highest BCUT2D eigenvalue weighted by molar-refractivity contribution is 5.82. The lowest BCUT2D eigenvalue weighted by Crippen LogP contribution is -2.15. The molecule has 0 fully saturated rings. The van der Waals surface area contributed by atoms with Crippen LogP contribution < -0.4 is 10.5 Å². The number of methoxy groups -OCH3 is 1. The predicted octanol–water partition coefficient (Wildman–Crippen LogP) is 0.471. The molecule has 3 N–H and O–H groups in total. The van der Waals surface area contributed by atoms with Gasteiger partial charge < -0.3 is 15.6 Å². The second kappa shape index (κ2) is 4.62. The van der Waals surface area contributed by atoms with E-state index in [0.717, 1.165) is 5.56 Å². The van der Waals surface area contributed by atoms with Crippen molar-refractivity contribution in [3.05, 3.63) is 23.8 Å². The molecule has 0 saturated carbocycles. The van der Waals surface area contributed by atoms with Gasteiger partial charge in [0.1, 0.15) is 0 Å². The number of nitrogens with two attached hydrogens (primary N) is 1. The van der Waals surface area contributed by atoms with Gasteiger partial charge in [0.2, 0.25) is 0 Å². The molecule has 0 saturated heterocycles. The highest BCUT2D eigenvalue weighted by Gasteiger charge is 2.05. The van der Waals surface area contributed by atoms with Crippen molar-refractivity contribution in [2.45, 2.75) is 6.42 Å². The van der Waals surface area contributed by atoms with Crippen molar-refractivity contribution in [3.63, 3.8) is 0 Å². The van der Waals surface area contributed by atoms with E-state index in [9.17, 15) is 9.90 Å². The fraction of sp³-hybridized carbons (Fsp3) is 0.300. The summed E-state index contributed by atoms with van der Waals surface area (Å²) in [4.78, 5) is 11.0. The molecule has 0 radical (unpaired) electrons. The minimum atomic E-state index is -0.0438. The topological polar surface area (TPSA) is 72.5 Å². The quantitative estimate of drug-likeness (QED) is 0.732. The maximum atomic E-state index is 11.0. The SMILES string of the molecule is COc1cc(CC(=O)CN)ccc1O. The molecule has 14 heavy (non-hydrogen) atoms. The van der Waals surface area contributed by atoms with Gasteiger partial charge in [0.15, 0.2) is 17.3 Å². The molecule has 1 aromatic rings. The van der Waals surface area contributed by atoms with Crippen LogP contribution in [0.5, 0.6) is 11.5 Å². The molecule has 0 aromatic heterocycles. The third-order valence-electron chi connectivity index (χ3n) is 1.87. The molecule has 0 aliphatic rings. The van der Waals surface area contributed by atoms with Gasteiger partial charge in [0.25, 0.3) is 0 Å². The summed E-state index contributed by atoms with van der Waals surface area (Å²) in [5.41, 5.74) is 5.98. The molecular weight excluding hydrogens is 182 g/mol. The van der Waals surface area contributed by atoms with E-state index in [0.29, 0.717) is 5.75 Å². The molecule has 0 aliphatic heterocycles. The first-order valence-electron chi connectivity index (χ1n) is 4.25. The molecule has 0 amide bonds. The Morgan fingerprint density at radius 2 is 2.29 bits per heavy atom. The summed E-state index contributed by atoms with van der Waals surface area (Å²) in [5.74, 6) is 0.390. The van der Waals surface area contributed by atoms with E-state index in [2.05, 4.69) is 0 Å². The van der Waals surface area contributed by atoms with E-state index in [1.54, 1.807) is 12.1 Å². The number of carbonyl (C=O) groups is 1. The number of hydrogen-bond donors (Lipinski definition) is 2. The number of rotatable bonds is 4. The van der Waals surface area contributed by atoms with Crippen LogP contribution in [0, 0.1) is 0 Å². The second-order valence-corrected chi connectivity index (χ2v) is 2.93. The normalized spacial score (nSPS) is 9.86. The fourth-order valence-corrected chi connectivity index (χ4v) is 1.13. The number of carbonyl (C=O) groups excluding carboxylic acids is 1. The molecule has 0 aliphatic carbocycles. The van der Waals surface area contributed by atoms with Crippen LogP contribution in [0.4, 0.5) is 0 Å². The summed E-state index contributed by atoms with van der Waals surface area (Å²) < 4.78 is 4.91. The monoisotopic (exact) mass is 195 g/mol. The van der Waals surface area contributed by atoms with Crippen LogP contribution >= 0.6 is 0 Å². The average Bonchev–Trinajstić information content (AvgIpc) is 2.20. The van der Waals surface area contributed by atoms with E-state index in [-0.39, 0.29) is 24.5 Å². The Morgan fingerprint density at radius 3 is 2.86 bits per heavy atom. The molecule has 0 atom stereocenters. The van der Waals surface area contributed by atoms with Crippen LogP contribution in [0.1, 0.15) is 5.56 Å². The number of benzene rings is 1. The maximum absolute atomic E-state index is 11.0. The van der Waals surface area contributed by atoms with Gasteiger partial charge in [-0.2, -0.15) is 0 Å². The Hall–Kier alpha value is -1.55. The zero-order valence-corrected chi connectivity index (χ0v) is 7.99. The Balaban J connectivity index is 2.84. The number of Topliss-reactive ketones (excluding diaryl/α,β-unsaturated/α-hetero) is 1. The Bertz CT molecular complexity index is 336. The van der Waals surface area contributed by atoms with Crippen molar-refractivity contribution in [3.8, 4) is 11.5 Å². The first kappa shape index (κ1) is 10.5. The van der Waals surface area contributed by atoms with Gasteiger partial charge in [0, 0.05) is 6.42 Å². The number of ether oxygens (including phenoxy) is 1. The molecular formula is C10H13NO3. The minimum absolute atomic E-state index is 0.0309. The first-order chi connectivity index (χ1) is 6.67. The van der Waals surface area contributed by atoms with E-state index in [4.69, 9.17) is 10.5 Å². The van der Waals surface area contributed by atoms with E-state index in [1.165, 1.54) is 13.2 Å². The van der Waals surface area contributed by atoms with Crippen LogP contribution in [-0.2, 0) is 11.2 Å². The van der Waals surface area contributed by atoms with E-state index < -0.39 is 0 Å². The molecule has 76 valence electrons. The van der Waals surface area contributed by atoms with Crippen LogP contribution in [0.3, 0.4) is 0 Å². The van der Waals surface area contributed by atoms with Crippen molar-refractivity contribution in [2.24, 2.45) is 5.73 Å². The number of ketones is 1. The molecule has 0 bridgehead atoms. The zero-order chi connectivity index (χ0) is 10.6. The van der Waals surface area contributed by atoms with Gasteiger partial charge in [-0.25, -0.2) is 0 Å². The Morgan fingerprint density at radius 1 is 1.57 bits per heavy atom. The molecule has 4 nitrogen and oxygen atoms in total. The summed E-state index contributed by atoms with van der Waals surface area (Å²) >= 11 is 0. The smallest absolute Gasteiger partial charge is 0.160 e. The largest absolute Gasteiger partial charge is 0.504 e. The van der Waals surface area contributed by atoms with Gasteiger partial charge in [-0.3, -0.25) is 4.79 Å². The number of aromatic hydroxyl groups is 1. The Kier molecular flexibility index (Phi) is 3.48. The van der Waals surface area contributed by atoms with E-state index in [1.807, 2.05) is 0 Å². The molecule has 0 heterocycles.